The largest absolute Gasteiger partial charge is 0.478 e. The number of carboxylic acids is 1. The predicted molar refractivity (Wildman–Crippen MR) is 96.1 cm³/mol. The Hall–Kier alpha value is -2.06. The van der Waals surface area contributed by atoms with E-state index in [1.165, 1.54) is 23.5 Å². The minimum absolute atomic E-state index is 0.255. The van der Waals surface area contributed by atoms with Crippen molar-refractivity contribution in [3.8, 4) is 0 Å². The van der Waals surface area contributed by atoms with Gasteiger partial charge in [0, 0.05) is 28.3 Å². The van der Waals surface area contributed by atoms with Crippen LogP contribution >= 0.6 is 27.3 Å². The first-order valence-corrected chi connectivity index (χ1v) is 9.40. The second kappa shape index (κ2) is 6.34. The van der Waals surface area contributed by atoms with Crippen molar-refractivity contribution in [3.63, 3.8) is 0 Å². The molecule has 1 aromatic heterocycles. The lowest BCUT2D eigenvalue weighted by molar-refractivity contribution is -0.133. The fraction of sp³-hybridized carbons (Fsp3) is 0.235. The summed E-state index contributed by atoms with van der Waals surface area (Å²) in [5.41, 5.74) is 1.66. The van der Waals surface area contributed by atoms with Crippen LogP contribution in [0, 0.1) is 5.82 Å². The third-order valence-electron chi connectivity index (χ3n) is 4.32. The summed E-state index contributed by atoms with van der Waals surface area (Å²) in [6.07, 6.45) is 3.26. The van der Waals surface area contributed by atoms with Crippen LogP contribution in [0.1, 0.15) is 29.5 Å². The van der Waals surface area contributed by atoms with E-state index in [0.717, 1.165) is 23.7 Å². The number of aromatic nitrogens is 1. The zero-order chi connectivity index (χ0) is 17.6. The fourth-order valence-corrected chi connectivity index (χ4v) is 4.50. The summed E-state index contributed by atoms with van der Waals surface area (Å²) in [5.74, 6) is -0.693. The number of hydrogen-bond donors (Lipinski definition) is 1. The van der Waals surface area contributed by atoms with Crippen molar-refractivity contribution in [2.45, 2.75) is 18.9 Å². The number of benzene rings is 1. The van der Waals surface area contributed by atoms with E-state index >= 15 is 0 Å². The molecule has 8 heteroatoms. The number of hydrogen-bond acceptors (Lipinski definition) is 5. The van der Waals surface area contributed by atoms with Crippen LogP contribution in [0.5, 0.6) is 0 Å². The molecule has 2 aliphatic heterocycles. The second-order valence-corrected chi connectivity index (χ2v) is 7.53. The molecule has 25 heavy (non-hydrogen) atoms. The summed E-state index contributed by atoms with van der Waals surface area (Å²) in [7, 11) is 0. The van der Waals surface area contributed by atoms with Crippen molar-refractivity contribution in [2.75, 3.05) is 6.54 Å². The third-order valence-corrected chi connectivity index (χ3v) is 5.78. The van der Waals surface area contributed by atoms with Gasteiger partial charge < -0.3 is 10.0 Å². The van der Waals surface area contributed by atoms with E-state index in [2.05, 4.69) is 20.9 Å². The van der Waals surface area contributed by atoms with Crippen molar-refractivity contribution >= 4 is 39.1 Å². The Morgan fingerprint density at radius 3 is 2.96 bits per heavy atom. The minimum atomic E-state index is -0.995. The van der Waals surface area contributed by atoms with Crippen molar-refractivity contribution < 1.29 is 14.3 Å². The summed E-state index contributed by atoms with van der Waals surface area (Å²) < 4.78 is 14.0. The van der Waals surface area contributed by atoms with Gasteiger partial charge in [-0.05, 0) is 30.5 Å². The molecule has 1 atom stereocenters. The molecule has 1 aromatic carbocycles. The number of carbonyl (C=O) groups is 1. The number of nitrogens with zero attached hydrogens (tertiary/aromatic N) is 3. The van der Waals surface area contributed by atoms with Gasteiger partial charge in [0.05, 0.1) is 5.57 Å². The number of aliphatic carboxylic acids is 1. The molecule has 0 bridgehead atoms. The predicted octanol–water partition coefficient (Wildman–Crippen LogP) is 3.98. The third kappa shape index (κ3) is 2.79. The molecular weight excluding hydrogens is 409 g/mol. The first kappa shape index (κ1) is 16.4. The van der Waals surface area contributed by atoms with E-state index in [-0.39, 0.29) is 11.4 Å². The van der Waals surface area contributed by atoms with Crippen LogP contribution in [-0.4, -0.2) is 33.3 Å². The summed E-state index contributed by atoms with van der Waals surface area (Å²) in [6, 6.07) is 3.54. The highest BCUT2D eigenvalue weighted by molar-refractivity contribution is 9.10. The number of fused-ring (bicyclic) bond motifs is 1. The molecule has 0 aliphatic carbocycles. The van der Waals surface area contributed by atoms with E-state index < -0.39 is 12.0 Å². The molecule has 2 aromatic rings. The second-order valence-electron chi connectivity index (χ2n) is 5.78. The molecule has 0 amide bonds. The van der Waals surface area contributed by atoms with E-state index in [4.69, 9.17) is 4.99 Å². The first-order chi connectivity index (χ1) is 12.1. The zero-order valence-electron chi connectivity index (χ0n) is 12.9. The number of thiazole rings is 1. The SMILES string of the molecule is O=C(O)C1=C2CCCN2C(c2nccs2)=NC1c1ccc(F)cc1Br. The topological polar surface area (TPSA) is 65.8 Å². The fourth-order valence-electron chi connectivity index (χ4n) is 3.30. The highest BCUT2D eigenvalue weighted by atomic mass is 79.9. The summed E-state index contributed by atoms with van der Waals surface area (Å²) >= 11 is 4.82. The Balaban J connectivity index is 1.92. The normalized spacial score (nSPS) is 19.8. The molecule has 1 fully saturated rings. The summed E-state index contributed by atoms with van der Waals surface area (Å²) in [5, 5.41) is 12.4. The van der Waals surface area contributed by atoms with Crippen LogP contribution in [0.2, 0.25) is 0 Å². The molecule has 2 aliphatic rings. The number of amidine groups is 1. The summed E-state index contributed by atoms with van der Waals surface area (Å²) in [6.45, 7) is 0.724. The van der Waals surface area contributed by atoms with Gasteiger partial charge in [0.1, 0.15) is 11.9 Å². The van der Waals surface area contributed by atoms with Crippen LogP contribution in [0.15, 0.2) is 50.5 Å². The van der Waals surface area contributed by atoms with Crippen LogP contribution < -0.4 is 0 Å². The van der Waals surface area contributed by atoms with Gasteiger partial charge >= 0.3 is 5.97 Å². The van der Waals surface area contributed by atoms with Gasteiger partial charge in [-0.3, -0.25) is 4.99 Å². The molecule has 0 spiro atoms. The van der Waals surface area contributed by atoms with Crippen molar-refractivity contribution in [1.82, 2.24) is 9.88 Å². The Bertz CT molecular complexity index is 911. The molecule has 128 valence electrons. The van der Waals surface area contributed by atoms with Crippen LogP contribution in [0.25, 0.3) is 0 Å². The molecular formula is C17H13BrFN3O2S. The van der Waals surface area contributed by atoms with E-state index in [0.29, 0.717) is 22.3 Å². The van der Waals surface area contributed by atoms with Gasteiger partial charge in [0.25, 0.3) is 0 Å². The van der Waals surface area contributed by atoms with E-state index in [9.17, 15) is 14.3 Å². The maximum Gasteiger partial charge on any atom is 0.335 e. The number of rotatable bonds is 3. The lowest BCUT2D eigenvalue weighted by atomic mass is 9.95. The lowest BCUT2D eigenvalue weighted by Gasteiger charge is -2.31. The van der Waals surface area contributed by atoms with Gasteiger partial charge in [-0.2, -0.15) is 0 Å². The van der Waals surface area contributed by atoms with Crippen molar-refractivity contribution in [1.29, 1.82) is 0 Å². The average Bonchev–Trinajstić information content (AvgIpc) is 3.25. The highest BCUT2D eigenvalue weighted by Crippen LogP contribution is 2.42. The number of halogens is 2. The summed E-state index contributed by atoms with van der Waals surface area (Å²) in [4.78, 5) is 23.0. The number of carboxylic acid groups (broad SMARTS) is 1. The van der Waals surface area contributed by atoms with Gasteiger partial charge in [-0.25, -0.2) is 14.2 Å². The molecule has 5 nitrogen and oxygen atoms in total. The highest BCUT2D eigenvalue weighted by Gasteiger charge is 2.38. The number of allylic oxidation sites excluding steroid dienone is 1. The van der Waals surface area contributed by atoms with Gasteiger partial charge in [-0.15, -0.1) is 11.3 Å². The molecule has 0 radical (unpaired) electrons. The molecule has 3 heterocycles. The minimum Gasteiger partial charge on any atom is -0.478 e. The average molecular weight is 422 g/mol. The Labute approximate surface area is 155 Å². The van der Waals surface area contributed by atoms with E-state index in [1.54, 1.807) is 12.3 Å². The Morgan fingerprint density at radius 2 is 2.28 bits per heavy atom. The Morgan fingerprint density at radius 1 is 1.44 bits per heavy atom. The van der Waals surface area contributed by atoms with Gasteiger partial charge in [-0.1, -0.05) is 22.0 Å². The maximum atomic E-state index is 13.5. The molecule has 4 rings (SSSR count). The van der Waals surface area contributed by atoms with Crippen LogP contribution in [0.4, 0.5) is 4.39 Å². The van der Waals surface area contributed by atoms with Crippen molar-refractivity contribution in [3.05, 3.63) is 61.9 Å². The molecule has 0 saturated carbocycles. The standard InChI is InChI=1S/C17H13BrFN3O2S/c18-11-8-9(19)3-4-10(11)14-13(17(23)24)12-2-1-6-22(12)15(21-14)16-20-5-7-25-16/h3-5,7-8,14H,1-2,6H2,(H,23,24). The number of aliphatic imine (C=N–C) groups is 1. The van der Waals surface area contributed by atoms with Crippen LogP contribution in [0.3, 0.4) is 0 Å². The van der Waals surface area contributed by atoms with Gasteiger partial charge in [0.2, 0.25) is 0 Å². The van der Waals surface area contributed by atoms with Crippen LogP contribution in [-0.2, 0) is 4.79 Å². The van der Waals surface area contributed by atoms with Gasteiger partial charge in [0.15, 0.2) is 10.8 Å². The monoisotopic (exact) mass is 421 g/mol. The molecule has 1 unspecified atom stereocenters. The zero-order valence-corrected chi connectivity index (χ0v) is 15.3. The Kier molecular flexibility index (Phi) is 4.16. The van der Waals surface area contributed by atoms with E-state index in [1.807, 2.05) is 10.3 Å². The quantitative estimate of drug-likeness (QED) is 0.813. The smallest absolute Gasteiger partial charge is 0.335 e. The first-order valence-electron chi connectivity index (χ1n) is 7.72. The maximum absolute atomic E-state index is 13.5. The lowest BCUT2D eigenvalue weighted by Crippen LogP contribution is -2.34. The molecule has 1 saturated heterocycles. The molecule has 1 N–H and O–H groups in total. The van der Waals surface area contributed by atoms with Crippen molar-refractivity contribution in [2.24, 2.45) is 4.99 Å².